The fourth-order valence-electron chi connectivity index (χ4n) is 7.74. The van der Waals surface area contributed by atoms with Crippen LogP contribution in [0.3, 0.4) is 0 Å². The smallest absolute Gasteiger partial charge is 0.257 e. The van der Waals surface area contributed by atoms with Gasteiger partial charge in [-0.05, 0) is 79.9 Å². The molecule has 4 aromatic rings. The second-order valence-electron chi connectivity index (χ2n) is 15.0. The first-order valence-corrected chi connectivity index (χ1v) is 19.7. The maximum Gasteiger partial charge on any atom is 0.257 e. The number of aryl methyl sites for hydroxylation is 2. The van der Waals surface area contributed by atoms with Gasteiger partial charge in [0.05, 0.1) is 41.8 Å². The minimum absolute atomic E-state index is 0.0164. The molecule has 59 heavy (non-hydrogen) atoms. The van der Waals surface area contributed by atoms with E-state index in [2.05, 4.69) is 21.3 Å². The molecule has 14 heteroatoms. The number of fused-ring (bicyclic) bond motifs is 2. The van der Waals surface area contributed by atoms with Gasteiger partial charge >= 0.3 is 0 Å². The van der Waals surface area contributed by atoms with Crippen molar-refractivity contribution in [1.29, 1.82) is 0 Å². The first-order valence-electron chi connectivity index (χ1n) is 19.7. The van der Waals surface area contributed by atoms with Crippen LogP contribution >= 0.6 is 0 Å². The second-order valence-corrected chi connectivity index (χ2v) is 15.0. The monoisotopic (exact) mass is 805 g/mol. The molecule has 1 unspecified atom stereocenters. The van der Waals surface area contributed by atoms with Crippen molar-refractivity contribution in [3.05, 3.63) is 119 Å². The van der Waals surface area contributed by atoms with Crippen molar-refractivity contribution in [3.63, 3.8) is 0 Å². The van der Waals surface area contributed by atoms with Crippen molar-refractivity contribution in [2.45, 2.75) is 45.9 Å². The van der Waals surface area contributed by atoms with E-state index in [4.69, 9.17) is 9.47 Å². The Bertz CT molecular complexity index is 2330. The molecule has 0 spiro atoms. The summed E-state index contributed by atoms with van der Waals surface area (Å²) in [4.78, 5) is 41.7. The highest BCUT2D eigenvalue weighted by Crippen LogP contribution is 2.36. The number of carbonyl (C=O) groups is 3. The molecule has 0 radical (unpaired) electrons. The highest BCUT2D eigenvalue weighted by molar-refractivity contribution is 6.32. The summed E-state index contributed by atoms with van der Waals surface area (Å²) in [7, 11) is 3.62. The molecule has 0 aliphatic carbocycles. The molecule has 4 heterocycles. The average molecular weight is 806 g/mol. The van der Waals surface area contributed by atoms with Crippen LogP contribution in [0.5, 0.6) is 0 Å². The first kappa shape index (κ1) is 40.9. The third-order valence-electron chi connectivity index (χ3n) is 11.1. The molecule has 0 aromatic heterocycles. The molecule has 308 valence electrons. The third kappa shape index (κ3) is 9.08. The van der Waals surface area contributed by atoms with E-state index < -0.39 is 0 Å². The van der Waals surface area contributed by atoms with Crippen LogP contribution in [0.1, 0.15) is 42.0 Å². The number of rotatable bonds is 10. The Hall–Kier alpha value is -6.25. The maximum absolute atomic E-state index is 14.8. The molecule has 1 atom stereocenters. The Morgan fingerprint density at radius 1 is 0.831 bits per heavy atom. The van der Waals surface area contributed by atoms with Gasteiger partial charge in [0.1, 0.15) is 11.6 Å². The van der Waals surface area contributed by atoms with E-state index in [1.54, 1.807) is 55.5 Å². The molecular formula is C45H49F2N7O5. The van der Waals surface area contributed by atoms with Crippen LogP contribution in [0.4, 0.5) is 42.9 Å². The van der Waals surface area contributed by atoms with E-state index in [0.717, 1.165) is 40.0 Å². The zero-order valence-electron chi connectivity index (χ0n) is 33.8. The number of amides is 3. The van der Waals surface area contributed by atoms with Gasteiger partial charge in [0.25, 0.3) is 11.8 Å². The summed E-state index contributed by atoms with van der Waals surface area (Å²) in [5, 5.41) is 11.8. The van der Waals surface area contributed by atoms with E-state index in [-0.39, 0.29) is 41.7 Å². The van der Waals surface area contributed by atoms with Crippen LogP contribution in [-0.2, 0) is 23.9 Å². The predicted molar refractivity (Wildman–Crippen MR) is 228 cm³/mol. The third-order valence-corrected chi connectivity index (χ3v) is 11.1. The summed E-state index contributed by atoms with van der Waals surface area (Å²) in [6.45, 7) is 8.61. The molecule has 4 aromatic carbocycles. The molecule has 4 N–H and O–H groups in total. The van der Waals surface area contributed by atoms with Gasteiger partial charge in [0.15, 0.2) is 6.29 Å². The van der Waals surface area contributed by atoms with Crippen molar-refractivity contribution in [3.8, 4) is 0 Å². The van der Waals surface area contributed by atoms with E-state index in [1.807, 2.05) is 67.1 Å². The summed E-state index contributed by atoms with van der Waals surface area (Å²) in [6.07, 6.45) is 4.53. The number of benzene rings is 4. The average Bonchev–Trinajstić information content (AvgIpc) is 4.03. The topological polar surface area (TPSA) is 128 Å². The Balaban J connectivity index is 0.000000179. The van der Waals surface area contributed by atoms with Crippen LogP contribution in [0.2, 0.25) is 0 Å². The lowest BCUT2D eigenvalue weighted by molar-refractivity contribution is -0.129. The highest BCUT2D eigenvalue weighted by Gasteiger charge is 2.29. The van der Waals surface area contributed by atoms with Crippen LogP contribution in [0.15, 0.2) is 85.2 Å². The number of likely N-dealkylation sites (N-methyl/N-ethyl adjacent to an activating group) is 1. The molecular weight excluding hydrogens is 757 g/mol. The molecule has 12 nitrogen and oxygen atoms in total. The van der Waals surface area contributed by atoms with E-state index >= 15 is 0 Å². The summed E-state index contributed by atoms with van der Waals surface area (Å²) in [5.74, 6) is -1.01. The first-order chi connectivity index (χ1) is 28.4. The normalized spacial score (nSPS) is 18.3. The van der Waals surface area contributed by atoms with Gasteiger partial charge in [0, 0.05) is 93.4 Å². The van der Waals surface area contributed by atoms with Crippen molar-refractivity contribution < 1.29 is 32.6 Å². The van der Waals surface area contributed by atoms with E-state index in [1.165, 1.54) is 12.1 Å². The molecule has 8 rings (SSSR count). The molecule has 0 bridgehead atoms. The molecule has 3 amide bonds. The van der Waals surface area contributed by atoms with Gasteiger partial charge in [-0.25, -0.2) is 8.78 Å². The SMILES string of the molecule is CC(=O)N(C)C1CCN(c2ccc(NC=C3C(=O)Nc4cccc(C)c43)cc2F)C1.Cc1cccc2c1C(=CNc1ccc(N(C)CCC3OCCO3)c(F)c1)C(=O)N2. The number of carbonyl (C=O) groups excluding carboxylic acids is 3. The van der Waals surface area contributed by atoms with Gasteiger partial charge in [-0.1, -0.05) is 24.3 Å². The minimum Gasteiger partial charge on any atom is -0.372 e. The zero-order valence-corrected chi connectivity index (χ0v) is 33.8. The number of anilines is 6. The molecule has 2 fully saturated rings. The lowest BCUT2D eigenvalue weighted by Crippen LogP contribution is -2.37. The van der Waals surface area contributed by atoms with Gasteiger partial charge in [-0.3, -0.25) is 14.4 Å². The highest BCUT2D eigenvalue weighted by atomic mass is 19.1. The lowest BCUT2D eigenvalue weighted by atomic mass is 10.0. The number of hydrogen-bond acceptors (Lipinski definition) is 9. The Morgan fingerprint density at radius 3 is 1.93 bits per heavy atom. The molecule has 2 saturated heterocycles. The number of nitrogens with one attached hydrogen (secondary N) is 4. The van der Waals surface area contributed by atoms with Crippen molar-refractivity contribution >= 4 is 63.0 Å². The standard InChI is InChI=1S/C23H25FN4O2.C22H24FN3O3/c1-14-5-4-6-20-22(14)18(23(30)26-20)12-25-16-7-8-21(19(24)11-16)28-10-9-17(13-28)27(3)15(2)29;1-14-4-3-5-18-21(14)16(22(27)25-18)13-24-15-6-7-19(17(23)12-15)26(2)9-8-20-28-10-11-29-20/h4-8,11-12,17,25H,9-10,13H2,1-3H3,(H,26,30);3-7,12-13,20,24H,8-11H2,1-2H3,(H,25,27). The fraction of sp³-hybridized carbons (Fsp3) is 0.311. The Kier molecular flexibility index (Phi) is 12.3. The molecule has 4 aliphatic rings. The van der Waals surface area contributed by atoms with Crippen LogP contribution in [0, 0.1) is 25.5 Å². The minimum atomic E-state index is -0.336. The maximum atomic E-state index is 14.8. The Morgan fingerprint density at radius 2 is 1.39 bits per heavy atom. The Labute approximate surface area is 342 Å². The second kappa shape index (κ2) is 17.7. The number of nitrogens with zero attached hydrogens (tertiary/aromatic N) is 3. The number of hydrogen-bond donors (Lipinski definition) is 4. The van der Waals surface area contributed by atoms with E-state index in [0.29, 0.717) is 73.2 Å². The summed E-state index contributed by atoms with van der Waals surface area (Å²) >= 11 is 0. The van der Waals surface area contributed by atoms with Crippen molar-refractivity contribution in [2.24, 2.45) is 0 Å². The summed E-state index contributed by atoms with van der Waals surface area (Å²) in [5.41, 5.74) is 8.55. The largest absolute Gasteiger partial charge is 0.372 e. The van der Waals surface area contributed by atoms with Crippen LogP contribution in [-0.4, -0.2) is 81.9 Å². The van der Waals surface area contributed by atoms with Gasteiger partial charge in [-0.2, -0.15) is 0 Å². The van der Waals surface area contributed by atoms with Crippen molar-refractivity contribution in [1.82, 2.24) is 4.90 Å². The van der Waals surface area contributed by atoms with Crippen molar-refractivity contribution in [2.75, 3.05) is 78.0 Å². The summed E-state index contributed by atoms with van der Waals surface area (Å²) < 4.78 is 40.3. The fourth-order valence-corrected chi connectivity index (χ4v) is 7.74. The summed E-state index contributed by atoms with van der Waals surface area (Å²) in [6, 6.07) is 21.4. The predicted octanol–water partition coefficient (Wildman–Crippen LogP) is 7.33. The molecule has 4 aliphatic heterocycles. The number of halogens is 2. The lowest BCUT2D eigenvalue weighted by Gasteiger charge is -2.24. The van der Waals surface area contributed by atoms with Gasteiger partial charge < -0.3 is 45.4 Å². The van der Waals surface area contributed by atoms with Gasteiger partial charge in [0.2, 0.25) is 5.91 Å². The number of ether oxygens (including phenoxy) is 2. The molecule has 0 saturated carbocycles. The zero-order chi connectivity index (χ0) is 41.8. The van der Waals surface area contributed by atoms with Crippen LogP contribution < -0.4 is 31.1 Å². The van der Waals surface area contributed by atoms with Gasteiger partial charge in [-0.15, -0.1) is 0 Å². The quantitative estimate of drug-likeness (QED) is 0.122. The van der Waals surface area contributed by atoms with Crippen LogP contribution in [0.25, 0.3) is 11.1 Å². The van der Waals surface area contributed by atoms with E-state index in [9.17, 15) is 23.2 Å².